The average Bonchev–Trinajstić information content (AvgIpc) is 2.43. The molecule has 2 N–H and O–H groups in total. The van der Waals surface area contributed by atoms with Gasteiger partial charge in [-0.15, -0.1) is 11.8 Å². The number of aliphatic hydroxyl groups is 1. The second-order valence-electron chi connectivity index (χ2n) is 6.07. The van der Waals surface area contributed by atoms with Gasteiger partial charge in [-0.1, -0.05) is 31.0 Å². The van der Waals surface area contributed by atoms with E-state index in [4.69, 9.17) is 0 Å². The Balaban J connectivity index is 2.05. The van der Waals surface area contributed by atoms with Crippen molar-refractivity contribution in [2.24, 2.45) is 0 Å². The van der Waals surface area contributed by atoms with Crippen LogP contribution in [0.2, 0.25) is 0 Å². The Morgan fingerprint density at radius 3 is 2.85 bits per heavy atom. The van der Waals surface area contributed by atoms with Gasteiger partial charge in [-0.3, -0.25) is 0 Å². The third-order valence-corrected chi connectivity index (χ3v) is 5.73. The summed E-state index contributed by atoms with van der Waals surface area (Å²) in [6.45, 7) is 7.65. The lowest BCUT2D eigenvalue weighted by Gasteiger charge is -2.40. The van der Waals surface area contributed by atoms with Crippen LogP contribution in [0.5, 0.6) is 0 Å². The molecule has 1 aromatic carbocycles. The average molecular weight is 293 g/mol. The Hall–Kier alpha value is -0.510. The molecule has 0 heterocycles. The molecule has 2 rings (SSSR count). The maximum absolute atomic E-state index is 9.78. The number of rotatable bonds is 5. The van der Waals surface area contributed by atoms with Gasteiger partial charge in [0.15, 0.2) is 0 Å². The molecule has 0 spiro atoms. The molecule has 1 saturated carbocycles. The maximum atomic E-state index is 9.78. The highest BCUT2D eigenvalue weighted by Gasteiger charge is 2.35. The fraction of sp³-hybridized carbons (Fsp3) is 0.647. The van der Waals surface area contributed by atoms with Gasteiger partial charge in [-0.2, -0.15) is 0 Å². The summed E-state index contributed by atoms with van der Waals surface area (Å²) in [4.78, 5) is 1.39. The topological polar surface area (TPSA) is 32.3 Å². The summed E-state index contributed by atoms with van der Waals surface area (Å²) in [6.07, 6.45) is 4.62. The molecule has 0 bridgehead atoms. The largest absolute Gasteiger partial charge is 0.394 e. The number of thioether (sulfide) groups is 1. The van der Waals surface area contributed by atoms with Crippen LogP contribution in [0.25, 0.3) is 0 Å². The van der Waals surface area contributed by atoms with Gasteiger partial charge in [-0.25, -0.2) is 0 Å². The van der Waals surface area contributed by atoms with E-state index < -0.39 is 0 Å². The number of aliphatic hydroxyl groups excluding tert-OH is 1. The first kappa shape index (κ1) is 15.9. The summed E-state index contributed by atoms with van der Waals surface area (Å²) >= 11 is 1.99. The summed E-state index contributed by atoms with van der Waals surface area (Å²) in [5.74, 6) is 0. The maximum Gasteiger partial charge on any atom is 0.0613 e. The standard InChI is InChI=1S/C17H27NOS/c1-4-18-17(12-19)9-5-6-15(11-17)20-16-8-7-13(2)10-14(16)3/h7-8,10,15,18-19H,4-6,9,11-12H2,1-3H3. The number of likely N-dealkylation sites (N-methyl/N-ethyl adjacent to an activating group) is 1. The second kappa shape index (κ2) is 6.97. The van der Waals surface area contributed by atoms with Gasteiger partial charge < -0.3 is 10.4 Å². The zero-order chi connectivity index (χ0) is 14.6. The third-order valence-electron chi connectivity index (χ3n) is 4.28. The predicted octanol–water partition coefficient (Wildman–Crippen LogP) is 3.68. The first-order chi connectivity index (χ1) is 9.58. The Labute approximate surface area is 127 Å². The lowest BCUT2D eigenvalue weighted by Crippen LogP contribution is -2.52. The summed E-state index contributed by atoms with van der Waals surface area (Å²) in [5.41, 5.74) is 2.65. The fourth-order valence-electron chi connectivity index (χ4n) is 3.25. The van der Waals surface area contributed by atoms with Crippen molar-refractivity contribution < 1.29 is 5.11 Å². The van der Waals surface area contributed by atoms with E-state index in [0.29, 0.717) is 5.25 Å². The van der Waals surface area contributed by atoms with E-state index in [9.17, 15) is 5.11 Å². The van der Waals surface area contributed by atoms with Crippen molar-refractivity contribution in [1.82, 2.24) is 5.32 Å². The summed E-state index contributed by atoms with van der Waals surface area (Å²) in [7, 11) is 0. The van der Waals surface area contributed by atoms with Crippen molar-refractivity contribution in [3.05, 3.63) is 29.3 Å². The quantitative estimate of drug-likeness (QED) is 0.868. The monoisotopic (exact) mass is 293 g/mol. The molecule has 1 aliphatic rings. The van der Waals surface area contributed by atoms with Crippen molar-refractivity contribution in [1.29, 1.82) is 0 Å². The molecule has 1 aliphatic carbocycles. The van der Waals surface area contributed by atoms with Crippen LogP contribution in [0.4, 0.5) is 0 Å². The highest BCUT2D eigenvalue weighted by Crippen LogP contribution is 2.39. The normalized spacial score (nSPS) is 26.7. The first-order valence-electron chi connectivity index (χ1n) is 7.68. The zero-order valence-corrected chi connectivity index (χ0v) is 13.7. The zero-order valence-electron chi connectivity index (χ0n) is 12.9. The molecular weight excluding hydrogens is 266 g/mol. The highest BCUT2D eigenvalue weighted by atomic mass is 32.2. The van der Waals surface area contributed by atoms with Gasteiger partial charge in [-0.05, 0) is 51.3 Å². The van der Waals surface area contributed by atoms with Gasteiger partial charge in [0, 0.05) is 15.7 Å². The second-order valence-corrected chi connectivity index (χ2v) is 7.42. The summed E-state index contributed by atoms with van der Waals surface area (Å²) in [5, 5.41) is 13.9. The molecule has 3 heteroatoms. The molecule has 2 nitrogen and oxygen atoms in total. The summed E-state index contributed by atoms with van der Waals surface area (Å²) < 4.78 is 0. The van der Waals surface area contributed by atoms with Gasteiger partial charge in [0.2, 0.25) is 0 Å². The van der Waals surface area contributed by atoms with Crippen molar-refractivity contribution in [2.75, 3.05) is 13.2 Å². The molecule has 112 valence electrons. The lowest BCUT2D eigenvalue weighted by molar-refractivity contribution is 0.125. The van der Waals surface area contributed by atoms with E-state index in [1.54, 1.807) is 0 Å². The van der Waals surface area contributed by atoms with Crippen LogP contribution in [0, 0.1) is 13.8 Å². The Morgan fingerprint density at radius 1 is 1.40 bits per heavy atom. The Morgan fingerprint density at radius 2 is 2.20 bits per heavy atom. The highest BCUT2D eigenvalue weighted by molar-refractivity contribution is 8.00. The van der Waals surface area contributed by atoms with Gasteiger partial charge in [0.25, 0.3) is 0 Å². The molecule has 1 fully saturated rings. The Bertz CT molecular complexity index is 445. The molecule has 0 saturated heterocycles. The van der Waals surface area contributed by atoms with Crippen LogP contribution in [0.3, 0.4) is 0 Å². The number of aryl methyl sites for hydroxylation is 2. The molecule has 0 radical (unpaired) electrons. The van der Waals surface area contributed by atoms with E-state index >= 15 is 0 Å². The smallest absolute Gasteiger partial charge is 0.0613 e. The minimum absolute atomic E-state index is 0.0523. The van der Waals surface area contributed by atoms with Crippen molar-refractivity contribution in [3.63, 3.8) is 0 Å². The molecule has 2 unspecified atom stereocenters. The van der Waals surface area contributed by atoms with Crippen molar-refractivity contribution in [2.45, 2.75) is 62.1 Å². The molecule has 1 aromatic rings. The number of nitrogens with one attached hydrogen (secondary N) is 1. The first-order valence-corrected chi connectivity index (χ1v) is 8.56. The molecule has 0 amide bonds. The molecule has 0 aromatic heterocycles. The minimum atomic E-state index is -0.0523. The SMILES string of the molecule is CCNC1(CO)CCCC(Sc2ccc(C)cc2C)C1. The van der Waals surface area contributed by atoms with Gasteiger partial charge in [0.1, 0.15) is 0 Å². The molecule has 0 aliphatic heterocycles. The third kappa shape index (κ3) is 3.78. The Kier molecular flexibility index (Phi) is 5.53. The molecule has 2 atom stereocenters. The van der Waals surface area contributed by atoms with E-state index in [-0.39, 0.29) is 12.1 Å². The van der Waals surface area contributed by atoms with Crippen LogP contribution in [-0.4, -0.2) is 29.0 Å². The molecule has 20 heavy (non-hydrogen) atoms. The van der Waals surface area contributed by atoms with Crippen LogP contribution in [-0.2, 0) is 0 Å². The minimum Gasteiger partial charge on any atom is -0.394 e. The fourth-order valence-corrected chi connectivity index (χ4v) is 4.69. The number of hydrogen-bond donors (Lipinski definition) is 2. The van der Waals surface area contributed by atoms with E-state index in [1.165, 1.54) is 28.9 Å². The lowest BCUT2D eigenvalue weighted by atomic mass is 9.82. The van der Waals surface area contributed by atoms with E-state index in [1.807, 2.05) is 11.8 Å². The molecular formula is C17H27NOS. The predicted molar refractivity (Wildman–Crippen MR) is 87.5 cm³/mol. The van der Waals surface area contributed by atoms with Crippen LogP contribution in [0.1, 0.15) is 43.7 Å². The van der Waals surface area contributed by atoms with Gasteiger partial charge in [0.05, 0.1) is 6.61 Å². The summed E-state index contributed by atoms with van der Waals surface area (Å²) in [6, 6.07) is 6.70. The number of hydrogen-bond acceptors (Lipinski definition) is 3. The van der Waals surface area contributed by atoms with E-state index in [0.717, 1.165) is 19.4 Å². The van der Waals surface area contributed by atoms with Gasteiger partial charge >= 0.3 is 0 Å². The van der Waals surface area contributed by atoms with Crippen molar-refractivity contribution >= 4 is 11.8 Å². The van der Waals surface area contributed by atoms with Crippen LogP contribution in [0.15, 0.2) is 23.1 Å². The number of benzene rings is 1. The van der Waals surface area contributed by atoms with E-state index in [2.05, 4.69) is 44.3 Å². The van der Waals surface area contributed by atoms with Crippen LogP contribution < -0.4 is 5.32 Å². The van der Waals surface area contributed by atoms with Crippen molar-refractivity contribution in [3.8, 4) is 0 Å². The van der Waals surface area contributed by atoms with Crippen LogP contribution >= 0.6 is 11.8 Å².